The van der Waals surface area contributed by atoms with Crippen LogP contribution in [0.25, 0.3) is 10.4 Å². The number of nitrogens with one attached hydrogen (secondary N) is 2. The molecule has 192 valence electrons. The fourth-order valence-corrected chi connectivity index (χ4v) is 6.66. The van der Waals surface area contributed by atoms with E-state index in [1.54, 1.807) is 32.0 Å². The molecule has 1 fully saturated rings. The molecule has 3 aromatic rings. The maximum atomic E-state index is 14.9. The molecule has 1 saturated heterocycles. The van der Waals surface area contributed by atoms with Crippen molar-refractivity contribution in [2.24, 2.45) is 5.73 Å². The molecule has 1 aliphatic heterocycles. The first kappa shape index (κ1) is 26.0. The van der Waals surface area contributed by atoms with E-state index in [-0.39, 0.29) is 40.2 Å². The Hall–Kier alpha value is -3.03. The Morgan fingerprint density at radius 3 is 2.58 bits per heavy atom. The van der Waals surface area contributed by atoms with E-state index in [2.05, 4.69) is 15.6 Å². The fourth-order valence-electron chi connectivity index (χ4n) is 3.84. The molecule has 7 N–H and O–H groups in total. The van der Waals surface area contributed by atoms with E-state index in [1.165, 1.54) is 24.3 Å². The predicted molar refractivity (Wildman–Crippen MR) is 139 cm³/mol. The molecule has 0 radical (unpaired) electrons. The van der Waals surface area contributed by atoms with Crippen molar-refractivity contribution in [3.63, 3.8) is 0 Å². The summed E-state index contributed by atoms with van der Waals surface area (Å²) in [5, 5.41) is 16.2. The first-order chi connectivity index (χ1) is 16.8. The van der Waals surface area contributed by atoms with Gasteiger partial charge in [-0.25, -0.2) is 9.37 Å². The minimum Gasteiger partial charge on any atom is -0.386 e. The molecule has 4 rings (SSSR count). The highest BCUT2D eigenvalue weighted by molar-refractivity contribution is 8.24. The third-order valence-corrected chi connectivity index (χ3v) is 8.67. The van der Waals surface area contributed by atoms with Crippen LogP contribution in [-0.4, -0.2) is 48.6 Å². The van der Waals surface area contributed by atoms with Gasteiger partial charge in [-0.05, 0) is 50.1 Å². The molecule has 12 heteroatoms. The van der Waals surface area contributed by atoms with Crippen LogP contribution in [0, 0.1) is 5.82 Å². The van der Waals surface area contributed by atoms with Crippen LogP contribution < -0.4 is 16.4 Å². The number of nitrogens with zero attached hydrogens (tertiary/aromatic N) is 1. The zero-order chi connectivity index (χ0) is 26.3. The monoisotopic (exact) mass is 534 g/mol. The quantitative estimate of drug-likeness (QED) is 0.264. The highest BCUT2D eigenvalue weighted by atomic mass is 32.3. The van der Waals surface area contributed by atoms with Gasteiger partial charge in [0.25, 0.3) is 11.8 Å². The van der Waals surface area contributed by atoms with Gasteiger partial charge >= 0.3 is 0 Å². The van der Waals surface area contributed by atoms with Crippen molar-refractivity contribution >= 4 is 44.6 Å². The van der Waals surface area contributed by atoms with E-state index in [1.807, 2.05) is 0 Å². The molecule has 9 nitrogen and oxygen atoms in total. The smallest absolute Gasteiger partial charge is 0.270 e. The van der Waals surface area contributed by atoms with Gasteiger partial charge in [-0.2, -0.15) is 10.6 Å². The number of carbonyl (C=O) groups is 2. The second-order valence-corrected chi connectivity index (χ2v) is 12.5. The lowest BCUT2D eigenvalue weighted by Gasteiger charge is -2.25. The van der Waals surface area contributed by atoms with E-state index in [4.69, 9.17) is 5.73 Å². The van der Waals surface area contributed by atoms with Gasteiger partial charge in [0, 0.05) is 22.2 Å². The molecule has 0 bridgehead atoms. The zero-order valence-corrected chi connectivity index (χ0v) is 21.3. The summed E-state index contributed by atoms with van der Waals surface area (Å²) >= 11 is 1.10. The van der Waals surface area contributed by atoms with Gasteiger partial charge in [0.05, 0.1) is 16.9 Å². The Bertz CT molecular complexity index is 1320. The third-order valence-electron chi connectivity index (χ3n) is 5.76. The summed E-state index contributed by atoms with van der Waals surface area (Å²) in [6.07, 6.45) is 0.472. The molecule has 0 spiro atoms. The van der Waals surface area contributed by atoms with E-state index in [0.29, 0.717) is 21.9 Å². The Kier molecular flexibility index (Phi) is 7.08. The SMILES string of the molecule is CC(C)(O)c1ccc(-c2cc(C(N)=O)c(Nc3cccc(C(=O)NC4CCS(O)(O)C4)n3)s2)c(F)c1. The van der Waals surface area contributed by atoms with Gasteiger partial charge in [0.2, 0.25) is 0 Å². The molecular weight excluding hydrogens is 507 g/mol. The van der Waals surface area contributed by atoms with Crippen LogP contribution in [0.2, 0.25) is 0 Å². The number of rotatable bonds is 7. The van der Waals surface area contributed by atoms with E-state index >= 15 is 0 Å². The summed E-state index contributed by atoms with van der Waals surface area (Å²) in [5.74, 6) is -1.10. The summed E-state index contributed by atoms with van der Waals surface area (Å²) < 4.78 is 34.4. The fraction of sp³-hybridized carbons (Fsp3) is 0.292. The van der Waals surface area contributed by atoms with Gasteiger partial charge in [-0.3, -0.25) is 18.7 Å². The van der Waals surface area contributed by atoms with Crippen LogP contribution in [-0.2, 0) is 5.60 Å². The molecule has 1 unspecified atom stereocenters. The number of thiophene rings is 1. The van der Waals surface area contributed by atoms with Crippen molar-refractivity contribution in [2.75, 3.05) is 16.8 Å². The molecule has 0 saturated carbocycles. The summed E-state index contributed by atoms with van der Waals surface area (Å²) in [5.41, 5.74) is 5.23. The van der Waals surface area contributed by atoms with Crippen LogP contribution in [0.15, 0.2) is 42.5 Å². The summed E-state index contributed by atoms with van der Waals surface area (Å²) in [4.78, 5) is 29.5. The number of primary amides is 1. The normalized spacial score (nSPS) is 18.0. The lowest BCUT2D eigenvalue weighted by molar-refractivity contribution is 0.0782. The van der Waals surface area contributed by atoms with E-state index in [0.717, 1.165) is 11.3 Å². The average Bonchev–Trinajstić information content (AvgIpc) is 3.35. The molecule has 0 aliphatic carbocycles. The topological polar surface area (TPSA) is 158 Å². The average molecular weight is 535 g/mol. The minimum atomic E-state index is -2.65. The molecule has 2 amide bonds. The lowest BCUT2D eigenvalue weighted by atomic mass is 9.96. The number of aliphatic hydroxyl groups is 1. The largest absolute Gasteiger partial charge is 0.386 e. The highest BCUT2D eigenvalue weighted by Gasteiger charge is 2.30. The number of hydrogen-bond donors (Lipinski definition) is 6. The van der Waals surface area contributed by atoms with Crippen molar-refractivity contribution in [3.8, 4) is 10.4 Å². The summed E-state index contributed by atoms with van der Waals surface area (Å²) in [6.45, 7) is 3.12. The van der Waals surface area contributed by atoms with Gasteiger partial charge in [0.15, 0.2) is 0 Å². The van der Waals surface area contributed by atoms with Crippen molar-refractivity contribution < 1.29 is 28.2 Å². The van der Waals surface area contributed by atoms with Gasteiger partial charge < -0.3 is 21.5 Å². The zero-order valence-electron chi connectivity index (χ0n) is 19.6. The van der Waals surface area contributed by atoms with Crippen LogP contribution in [0.4, 0.5) is 15.2 Å². The number of halogens is 1. The Morgan fingerprint density at radius 2 is 1.97 bits per heavy atom. The van der Waals surface area contributed by atoms with Crippen molar-refractivity contribution in [3.05, 3.63) is 65.1 Å². The number of pyridine rings is 1. The summed E-state index contributed by atoms with van der Waals surface area (Å²) in [6, 6.07) is 10.3. The maximum absolute atomic E-state index is 14.9. The predicted octanol–water partition coefficient (Wildman–Crippen LogP) is 4.27. The van der Waals surface area contributed by atoms with E-state index in [9.17, 15) is 28.2 Å². The Balaban J connectivity index is 1.57. The first-order valence-electron chi connectivity index (χ1n) is 11.1. The third kappa shape index (κ3) is 5.85. The van der Waals surface area contributed by atoms with Crippen LogP contribution >= 0.6 is 21.9 Å². The number of amides is 2. The number of carbonyl (C=O) groups excluding carboxylic acids is 2. The second-order valence-electron chi connectivity index (χ2n) is 9.14. The number of aromatic nitrogens is 1. The maximum Gasteiger partial charge on any atom is 0.270 e. The minimum absolute atomic E-state index is 0.106. The first-order valence-corrected chi connectivity index (χ1v) is 13.8. The molecule has 1 atom stereocenters. The number of nitrogens with two attached hydrogens (primary N) is 1. The molecule has 1 aliphatic rings. The number of hydrogen-bond acceptors (Lipinski definition) is 8. The van der Waals surface area contributed by atoms with Crippen LogP contribution in [0.1, 0.15) is 46.7 Å². The van der Waals surface area contributed by atoms with Gasteiger partial charge in [-0.15, -0.1) is 11.3 Å². The molecule has 2 aromatic heterocycles. The molecular formula is C24H27FN4O5S2. The van der Waals surface area contributed by atoms with Crippen LogP contribution in [0.3, 0.4) is 0 Å². The van der Waals surface area contributed by atoms with Crippen LogP contribution in [0.5, 0.6) is 0 Å². The lowest BCUT2D eigenvalue weighted by Crippen LogP contribution is -2.35. The highest BCUT2D eigenvalue weighted by Crippen LogP contribution is 2.45. The van der Waals surface area contributed by atoms with Crippen molar-refractivity contribution in [1.82, 2.24) is 10.3 Å². The molecule has 36 heavy (non-hydrogen) atoms. The standard InChI is InChI=1S/C24H27FN4O5S2/c1-24(2,32)13-6-7-15(17(25)10-13)19-11-16(21(26)30)23(35-19)29-20-5-3-4-18(28-20)22(31)27-14-8-9-36(33,34)12-14/h3-7,10-11,14,32-34H,8-9,12H2,1-2H3,(H2,26,30)(H,27,31)(H,28,29). The Morgan fingerprint density at radius 1 is 1.22 bits per heavy atom. The molecule has 3 heterocycles. The van der Waals surface area contributed by atoms with Crippen molar-refractivity contribution in [1.29, 1.82) is 0 Å². The van der Waals surface area contributed by atoms with Crippen molar-refractivity contribution in [2.45, 2.75) is 31.9 Å². The number of anilines is 2. The summed E-state index contributed by atoms with van der Waals surface area (Å²) in [7, 11) is -2.65. The van der Waals surface area contributed by atoms with E-state index < -0.39 is 33.8 Å². The molecule has 1 aromatic carbocycles. The second kappa shape index (κ2) is 9.79. The Labute approximate surface area is 212 Å². The number of benzene rings is 1. The van der Waals surface area contributed by atoms with Gasteiger partial charge in [0.1, 0.15) is 22.3 Å². The van der Waals surface area contributed by atoms with Gasteiger partial charge in [-0.1, -0.05) is 18.2 Å².